The van der Waals surface area contributed by atoms with E-state index in [-0.39, 0.29) is 5.75 Å². The van der Waals surface area contributed by atoms with Gasteiger partial charge in [0.1, 0.15) is 5.75 Å². The number of phenols is 1. The molecule has 2 rings (SSSR count). The SMILES string of the molecule is Cn1cc(CNCc2cccc(Cl)c2O)cn1. The molecular formula is C12H14ClN3O. The molecule has 1 aromatic heterocycles. The molecule has 0 unspecified atom stereocenters. The predicted molar refractivity (Wildman–Crippen MR) is 66.9 cm³/mol. The first-order valence-electron chi connectivity index (χ1n) is 5.31. The first kappa shape index (κ1) is 12.0. The molecular weight excluding hydrogens is 238 g/mol. The molecule has 0 aliphatic carbocycles. The van der Waals surface area contributed by atoms with Crippen LogP contribution in [-0.2, 0) is 20.1 Å². The summed E-state index contributed by atoms with van der Waals surface area (Å²) in [6.45, 7) is 1.28. The highest BCUT2D eigenvalue weighted by molar-refractivity contribution is 6.32. The van der Waals surface area contributed by atoms with E-state index in [9.17, 15) is 5.11 Å². The van der Waals surface area contributed by atoms with Crippen LogP contribution < -0.4 is 5.32 Å². The van der Waals surface area contributed by atoms with Crippen LogP contribution in [0, 0.1) is 0 Å². The molecule has 0 spiro atoms. The largest absolute Gasteiger partial charge is 0.506 e. The van der Waals surface area contributed by atoms with Crippen molar-refractivity contribution < 1.29 is 5.11 Å². The molecule has 90 valence electrons. The summed E-state index contributed by atoms with van der Waals surface area (Å²) < 4.78 is 1.76. The zero-order chi connectivity index (χ0) is 12.3. The van der Waals surface area contributed by atoms with E-state index in [0.29, 0.717) is 18.1 Å². The summed E-state index contributed by atoms with van der Waals surface area (Å²) in [6, 6.07) is 5.34. The summed E-state index contributed by atoms with van der Waals surface area (Å²) in [6.07, 6.45) is 3.76. The first-order chi connectivity index (χ1) is 8.16. The van der Waals surface area contributed by atoms with Crippen molar-refractivity contribution >= 4 is 11.6 Å². The van der Waals surface area contributed by atoms with Crippen molar-refractivity contribution in [2.75, 3.05) is 0 Å². The van der Waals surface area contributed by atoms with Gasteiger partial charge in [0.05, 0.1) is 11.2 Å². The molecule has 2 aromatic rings. The average molecular weight is 252 g/mol. The Morgan fingerprint density at radius 3 is 2.94 bits per heavy atom. The van der Waals surface area contributed by atoms with Crippen LogP contribution >= 0.6 is 11.6 Å². The third-order valence-electron chi connectivity index (χ3n) is 2.47. The van der Waals surface area contributed by atoms with Crippen molar-refractivity contribution in [1.82, 2.24) is 15.1 Å². The molecule has 0 fully saturated rings. The van der Waals surface area contributed by atoms with Gasteiger partial charge in [0.2, 0.25) is 0 Å². The molecule has 1 aromatic carbocycles. The van der Waals surface area contributed by atoms with E-state index < -0.39 is 0 Å². The Hall–Kier alpha value is -1.52. The number of rotatable bonds is 4. The van der Waals surface area contributed by atoms with Gasteiger partial charge in [0.25, 0.3) is 0 Å². The minimum Gasteiger partial charge on any atom is -0.506 e. The molecule has 0 aliphatic heterocycles. The van der Waals surface area contributed by atoms with Crippen molar-refractivity contribution in [3.05, 3.63) is 46.7 Å². The second-order valence-corrected chi connectivity index (χ2v) is 4.28. The van der Waals surface area contributed by atoms with E-state index in [1.54, 1.807) is 10.7 Å². The van der Waals surface area contributed by atoms with Gasteiger partial charge in [-0.25, -0.2) is 0 Å². The van der Waals surface area contributed by atoms with Crippen molar-refractivity contribution in [2.24, 2.45) is 7.05 Å². The van der Waals surface area contributed by atoms with E-state index in [1.165, 1.54) is 0 Å². The Bertz CT molecular complexity index is 510. The van der Waals surface area contributed by atoms with Gasteiger partial charge in [-0.05, 0) is 6.07 Å². The number of hydrogen-bond donors (Lipinski definition) is 2. The van der Waals surface area contributed by atoms with Crippen LogP contribution in [0.15, 0.2) is 30.6 Å². The highest BCUT2D eigenvalue weighted by Crippen LogP contribution is 2.26. The Morgan fingerprint density at radius 2 is 2.24 bits per heavy atom. The minimum absolute atomic E-state index is 0.146. The van der Waals surface area contributed by atoms with E-state index in [4.69, 9.17) is 11.6 Å². The number of para-hydroxylation sites is 1. The number of aromatic hydroxyl groups is 1. The van der Waals surface area contributed by atoms with E-state index in [0.717, 1.165) is 11.1 Å². The highest BCUT2D eigenvalue weighted by atomic mass is 35.5. The van der Waals surface area contributed by atoms with Gasteiger partial charge < -0.3 is 10.4 Å². The molecule has 1 heterocycles. The van der Waals surface area contributed by atoms with Crippen LogP contribution in [0.25, 0.3) is 0 Å². The Kier molecular flexibility index (Phi) is 3.66. The standard InChI is InChI=1S/C12H14ClN3O/c1-16-8-9(6-15-16)5-14-7-10-3-2-4-11(13)12(10)17/h2-4,6,8,14,17H,5,7H2,1H3. The molecule has 0 bridgehead atoms. The quantitative estimate of drug-likeness (QED) is 0.875. The summed E-state index contributed by atoms with van der Waals surface area (Å²) in [5.74, 6) is 0.146. The highest BCUT2D eigenvalue weighted by Gasteiger charge is 2.04. The number of aryl methyl sites for hydroxylation is 1. The topological polar surface area (TPSA) is 50.1 Å². The van der Waals surface area contributed by atoms with Gasteiger partial charge in [-0.15, -0.1) is 0 Å². The molecule has 17 heavy (non-hydrogen) atoms. The number of nitrogens with zero attached hydrogens (tertiary/aromatic N) is 2. The molecule has 5 heteroatoms. The zero-order valence-corrected chi connectivity index (χ0v) is 10.3. The van der Waals surface area contributed by atoms with Crippen LogP contribution in [0.4, 0.5) is 0 Å². The Morgan fingerprint density at radius 1 is 1.41 bits per heavy atom. The number of aromatic nitrogens is 2. The predicted octanol–water partition coefficient (Wildman–Crippen LogP) is 2.07. The van der Waals surface area contributed by atoms with Crippen molar-refractivity contribution in [2.45, 2.75) is 13.1 Å². The maximum atomic E-state index is 9.71. The lowest BCUT2D eigenvalue weighted by molar-refractivity contribution is 0.464. The summed E-state index contributed by atoms with van der Waals surface area (Å²) in [4.78, 5) is 0. The summed E-state index contributed by atoms with van der Waals surface area (Å²) in [5, 5.41) is 17.4. The molecule has 0 radical (unpaired) electrons. The fourth-order valence-electron chi connectivity index (χ4n) is 1.61. The van der Waals surface area contributed by atoms with Gasteiger partial charge in [0, 0.05) is 37.5 Å². The van der Waals surface area contributed by atoms with Gasteiger partial charge in [-0.1, -0.05) is 23.7 Å². The second kappa shape index (κ2) is 5.21. The molecule has 0 saturated carbocycles. The average Bonchev–Trinajstić information content (AvgIpc) is 2.70. The minimum atomic E-state index is 0.146. The molecule has 0 aliphatic rings. The normalized spacial score (nSPS) is 10.7. The van der Waals surface area contributed by atoms with Crippen LogP contribution in [0.1, 0.15) is 11.1 Å². The van der Waals surface area contributed by atoms with Gasteiger partial charge in [0.15, 0.2) is 0 Å². The summed E-state index contributed by atoms with van der Waals surface area (Å²) in [7, 11) is 1.88. The Balaban J connectivity index is 1.92. The fourth-order valence-corrected chi connectivity index (χ4v) is 1.80. The van der Waals surface area contributed by atoms with Crippen LogP contribution in [0.5, 0.6) is 5.75 Å². The summed E-state index contributed by atoms with van der Waals surface area (Å²) >= 11 is 5.82. The van der Waals surface area contributed by atoms with Crippen molar-refractivity contribution in [3.63, 3.8) is 0 Å². The Labute approximate surface area is 105 Å². The molecule has 0 amide bonds. The monoisotopic (exact) mass is 251 g/mol. The smallest absolute Gasteiger partial charge is 0.138 e. The third kappa shape index (κ3) is 2.99. The van der Waals surface area contributed by atoms with Crippen molar-refractivity contribution in [1.29, 1.82) is 0 Å². The van der Waals surface area contributed by atoms with Crippen LogP contribution in [0.3, 0.4) is 0 Å². The second-order valence-electron chi connectivity index (χ2n) is 3.87. The van der Waals surface area contributed by atoms with Gasteiger partial charge >= 0.3 is 0 Å². The first-order valence-corrected chi connectivity index (χ1v) is 5.69. The molecule has 2 N–H and O–H groups in total. The van der Waals surface area contributed by atoms with E-state index in [2.05, 4.69) is 10.4 Å². The lowest BCUT2D eigenvalue weighted by Crippen LogP contribution is -2.12. The number of hydrogen-bond acceptors (Lipinski definition) is 3. The number of halogens is 1. The summed E-state index contributed by atoms with van der Waals surface area (Å²) in [5.41, 5.74) is 1.90. The fraction of sp³-hybridized carbons (Fsp3) is 0.250. The van der Waals surface area contributed by atoms with Crippen LogP contribution in [0.2, 0.25) is 5.02 Å². The molecule has 0 saturated heterocycles. The number of phenolic OH excluding ortho intramolecular Hbond substituents is 1. The maximum absolute atomic E-state index is 9.71. The van der Waals surface area contributed by atoms with Crippen molar-refractivity contribution in [3.8, 4) is 5.75 Å². The lowest BCUT2D eigenvalue weighted by atomic mass is 10.2. The zero-order valence-electron chi connectivity index (χ0n) is 9.52. The molecule has 4 nitrogen and oxygen atoms in total. The van der Waals surface area contributed by atoms with Gasteiger partial charge in [-0.2, -0.15) is 5.10 Å². The number of benzene rings is 1. The third-order valence-corrected chi connectivity index (χ3v) is 2.78. The lowest BCUT2D eigenvalue weighted by Gasteiger charge is -2.06. The molecule has 0 atom stereocenters. The van der Waals surface area contributed by atoms with Crippen LogP contribution in [-0.4, -0.2) is 14.9 Å². The van der Waals surface area contributed by atoms with E-state index >= 15 is 0 Å². The number of nitrogens with one attached hydrogen (secondary N) is 1. The van der Waals surface area contributed by atoms with E-state index in [1.807, 2.05) is 31.6 Å². The maximum Gasteiger partial charge on any atom is 0.138 e. The van der Waals surface area contributed by atoms with Gasteiger partial charge in [-0.3, -0.25) is 4.68 Å².